The van der Waals surface area contributed by atoms with E-state index in [1.165, 1.54) is 48.2 Å². The van der Waals surface area contributed by atoms with Crippen molar-refractivity contribution in [2.45, 2.75) is 9.79 Å². The molecule has 0 unspecified atom stereocenters. The maximum atomic E-state index is 13.6. The monoisotopic (exact) mass is 642 g/mol. The molecule has 47 heavy (non-hydrogen) atoms. The third-order valence-corrected chi connectivity index (χ3v) is 8.26. The first-order valence-corrected chi connectivity index (χ1v) is 15.1. The first-order valence-electron chi connectivity index (χ1n) is 14.3. The summed E-state index contributed by atoms with van der Waals surface area (Å²) in [6, 6.07) is 35.1. The van der Waals surface area contributed by atoms with Gasteiger partial charge in [-0.05, 0) is 83.9 Å². The SMILES string of the molecule is O=C(Oc1ccccc1)c1c(O)ccc(Sc2ccc(O)c(C(=O)Oc3ccccc3)c2-c2ccc(O)cc2)c1-c1ccc(O)cc1. The number of rotatable bonds is 8. The molecule has 232 valence electrons. The Morgan fingerprint density at radius 3 is 1.17 bits per heavy atom. The smallest absolute Gasteiger partial charge is 0.347 e. The van der Waals surface area contributed by atoms with Gasteiger partial charge in [0.05, 0.1) is 0 Å². The minimum Gasteiger partial charge on any atom is -0.508 e. The fourth-order valence-electron chi connectivity index (χ4n) is 4.97. The van der Waals surface area contributed by atoms with E-state index in [-0.39, 0.29) is 45.6 Å². The molecule has 0 heterocycles. The number of ether oxygens (including phenoxy) is 2. The van der Waals surface area contributed by atoms with Crippen molar-refractivity contribution in [3.05, 3.63) is 145 Å². The Balaban J connectivity index is 1.52. The second-order valence-electron chi connectivity index (χ2n) is 10.3. The van der Waals surface area contributed by atoms with Gasteiger partial charge in [-0.25, -0.2) is 9.59 Å². The maximum absolute atomic E-state index is 13.6. The summed E-state index contributed by atoms with van der Waals surface area (Å²) < 4.78 is 11.2. The first-order chi connectivity index (χ1) is 22.8. The van der Waals surface area contributed by atoms with Crippen molar-refractivity contribution < 1.29 is 39.5 Å². The summed E-state index contributed by atoms with van der Waals surface area (Å²) in [7, 11) is 0. The predicted molar refractivity (Wildman–Crippen MR) is 177 cm³/mol. The zero-order valence-electron chi connectivity index (χ0n) is 24.5. The highest BCUT2D eigenvalue weighted by molar-refractivity contribution is 7.99. The number of phenolic OH excluding ortho intramolecular Hbond substituents is 4. The molecule has 0 saturated carbocycles. The normalized spacial score (nSPS) is 10.7. The summed E-state index contributed by atoms with van der Waals surface area (Å²) in [5.74, 6) is -1.70. The van der Waals surface area contributed by atoms with Gasteiger partial charge in [0.2, 0.25) is 0 Å². The lowest BCUT2D eigenvalue weighted by molar-refractivity contribution is 0.0722. The molecule has 0 aliphatic heterocycles. The molecule has 8 nitrogen and oxygen atoms in total. The average Bonchev–Trinajstić information content (AvgIpc) is 3.07. The van der Waals surface area contributed by atoms with Gasteiger partial charge in [0.25, 0.3) is 0 Å². The number of phenols is 4. The summed E-state index contributed by atoms with van der Waals surface area (Å²) in [6.07, 6.45) is 0. The predicted octanol–water partition coefficient (Wildman–Crippen LogP) is 8.43. The van der Waals surface area contributed by atoms with E-state index in [4.69, 9.17) is 9.47 Å². The lowest BCUT2D eigenvalue weighted by atomic mass is 9.98. The van der Waals surface area contributed by atoms with Crippen LogP contribution in [0.25, 0.3) is 22.3 Å². The highest BCUT2D eigenvalue weighted by Crippen LogP contribution is 2.47. The van der Waals surface area contributed by atoms with E-state index in [9.17, 15) is 30.0 Å². The van der Waals surface area contributed by atoms with Crippen LogP contribution in [0, 0.1) is 0 Å². The van der Waals surface area contributed by atoms with Gasteiger partial charge in [-0.2, -0.15) is 0 Å². The molecular weight excluding hydrogens is 616 g/mol. The summed E-state index contributed by atoms with van der Waals surface area (Å²) >= 11 is 1.17. The van der Waals surface area contributed by atoms with Crippen molar-refractivity contribution in [2.75, 3.05) is 0 Å². The molecule has 0 amide bonds. The molecule has 0 aliphatic carbocycles. The Bertz CT molecular complexity index is 1910. The van der Waals surface area contributed by atoms with Crippen LogP contribution >= 0.6 is 11.8 Å². The summed E-state index contributed by atoms with van der Waals surface area (Å²) in [5.41, 5.74) is 1.39. The Labute approximate surface area is 273 Å². The molecule has 0 spiro atoms. The quantitative estimate of drug-likeness (QED) is 0.0953. The third kappa shape index (κ3) is 6.75. The van der Waals surface area contributed by atoms with Gasteiger partial charge in [0, 0.05) is 20.9 Å². The van der Waals surface area contributed by atoms with Gasteiger partial charge in [0.1, 0.15) is 45.6 Å². The van der Waals surface area contributed by atoms with Gasteiger partial charge in [-0.1, -0.05) is 72.4 Å². The van der Waals surface area contributed by atoms with Crippen molar-refractivity contribution in [2.24, 2.45) is 0 Å². The Hall–Kier alpha value is -6.19. The van der Waals surface area contributed by atoms with Gasteiger partial charge >= 0.3 is 11.9 Å². The molecule has 0 fully saturated rings. The zero-order chi connectivity index (χ0) is 32.9. The fourth-order valence-corrected chi connectivity index (χ4v) is 6.12. The van der Waals surface area contributed by atoms with Crippen LogP contribution in [0.4, 0.5) is 0 Å². The molecule has 0 atom stereocenters. The minimum atomic E-state index is -0.809. The third-order valence-electron chi connectivity index (χ3n) is 7.14. The Morgan fingerprint density at radius 1 is 0.447 bits per heavy atom. The fraction of sp³-hybridized carbons (Fsp3) is 0. The zero-order valence-corrected chi connectivity index (χ0v) is 25.3. The number of benzene rings is 6. The van der Waals surface area contributed by atoms with E-state index in [0.29, 0.717) is 32.0 Å². The number of carbonyl (C=O) groups is 2. The summed E-state index contributed by atoms with van der Waals surface area (Å²) in [6.45, 7) is 0. The second kappa shape index (κ2) is 13.4. The van der Waals surface area contributed by atoms with Crippen LogP contribution in [0.1, 0.15) is 20.7 Å². The number of hydrogen-bond acceptors (Lipinski definition) is 9. The van der Waals surface area contributed by atoms with E-state index < -0.39 is 11.9 Å². The molecule has 6 aromatic rings. The molecule has 4 N–H and O–H groups in total. The van der Waals surface area contributed by atoms with Crippen LogP contribution in [0.5, 0.6) is 34.5 Å². The molecule has 9 heteroatoms. The molecule has 0 bridgehead atoms. The number of carbonyl (C=O) groups excluding carboxylic acids is 2. The maximum Gasteiger partial charge on any atom is 0.347 e. The average molecular weight is 643 g/mol. The Kier molecular flexibility index (Phi) is 8.81. The molecule has 0 radical (unpaired) electrons. The van der Waals surface area contributed by atoms with Crippen LogP contribution in [-0.4, -0.2) is 32.4 Å². The molecule has 0 aliphatic rings. The van der Waals surface area contributed by atoms with Gasteiger partial charge in [-0.3, -0.25) is 0 Å². The largest absolute Gasteiger partial charge is 0.508 e. The van der Waals surface area contributed by atoms with Crippen LogP contribution in [0.2, 0.25) is 0 Å². The molecule has 0 aromatic heterocycles. The van der Waals surface area contributed by atoms with E-state index in [1.54, 1.807) is 97.1 Å². The Morgan fingerprint density at radius 2 is 0.809 bits per heavy atom. The lowest BCUT2D eigenvalue weighted by Crippen LogP contribution is -2.12. The standard InChI is InChI=1S/C38H26O8S/c39-25-15-11-23(12-16-25)33-31(21-19-29(41)35(33)37(43)45-27-7-3-1-4-8-27)47-32-22-20-30(42)36(34(32)24-13-17-26(40)18-14-24)38(44)46-28-9-5-2-6-10-28/h1-22,39-42H. The van der Waals surface area contributed by atoms with Crippen molar-refractivity contribution >= 4 is 23.7 Å². The van der Waals surface area contributed by atoms with Crippen molar-refractivity contribution in [3.8, 4) is 56.8 Å². The van der Waals surface area contributed by atoms with E-state index in [1.807, 2.05) is 0 Å². The topological polar surface area (TPSA) is 134 Å². The van der Waals surface area contributed by atoms with E-state index in [0.717, 1.165) is 0 Å². The molecule has 0 saturated heterocycles. The van der Waals surface area contributed by atoms with E-state index >= 15 is 0 Å². The minimum absolute atomic E-state index is 0.00578. The van der Waals surface area contributed by atoms with Gasteiger partial charge < -0.3 is 29.9 Å². The lowest BCUT2D eigenvalue weighted by Gasteiger charge is -2.19. The van der Waals surface area contributed by atoms with Gasteiger partial charge in [-0.15, -0.1) is 0 Å². The molecule has 6 aromatic carbocycles. The highest BCUT2D eigenvalue weighted by Gasteiger charge is 2.27. The van der Waals surface area contributed by atoms with Crippen molar-refractivity contribution in [1.82, 2.24) is 0 Å². The number of para-hydroxylation sites is 2. The van der Waals surface area contributed by atoms with Gasteiger partial charge in [0.15, 0.2) is 0 Å². The highest BCUT2D eigenvalue weighted by atomic mass is 32.2. The summed E-state index contributed by atoms with van der Waals surface area (Å²) in [5, 5.41) is 42.0. The van der Waals surface area contributed by atoms with Crippen LogP contribution in [-0.2, 0) is 0 Å². The van der Waals surface area contributed by atoms with Crippen molar-refractivity contribution in [1.29, 1.82) is 0 Å². The number of hydrogen-bond donors (Lipinski definition) is 4. The van der Waals surface area contributed by atoms with Crippen molar-refractivity contribution in [3.63, 3.8) is 0 Å². The first kappa shape index (κ1) is 30.8. The number of aromatic hydroxyl groups is 4. The molecule has 6 rings (SSSR count). The second-order valence-corrected chi connectivity index (χ2v) is 11.4. The molecular formula is C38H26O8S. The number of esters is 2. The van der Waals surface area contributed by atoms with Crippen LogP contribution < -0.4 is 9.47 Å². The van der Waals surface area contributed by atoms with Crippen LogP contribution in [0.3, 0.4) is 0 Å². The van der Waals surface area contributed by atoms with Crippen LogP contribution in [0.15, 0.2) is 143 Å². The summed E-state index contributed by atoms with van der Waals surface area (Å²) in [4.78, 5) is 28.2. The van der Waals surface area contributed by atoms with E-state index in [2.05, 4.69) is 0 Å².